The van der Waals surface area contributed by atoms with E-state index in [-0.39, 0.29) is 31.1 Å². The minimum atomic E-state index is -0.787. The zero-order valence-electron chi connectivity index (χ0n) is 49.7. The van der Waals surface area contributed by atoms with Crippen LogP contribution < -0.4 is 0 Å². The molecule has 0 radical (unpaired) electrons. The molecule has 1 atom stereocenters. The van der Waals surface area contributed by atoms with Crippen LogP contribution >= 0.6 is 0 Å². The molecule has 0 aromatic rings. The van der Waals surface area contributed by atoms with Gasteiger partial charge in [-0.25, -0.2) is 0 Å². The monoisotopic (exact) mass is 1050 g/mol. The van der Waals surface area contributed by atoms with Gasteiger partial charge >= 0.3 is 17.9 Å². The lowest BCUT2D eigenvalue weighted by atomic mass is 10.0. The van der Waals surface area contributed by atoms with Crippen LogP contribution in [0.3, 0.4) is 0 Å². The summed E-state index contributed by atoms with van der Waals surface area (Å²) in [5.74, 6) is -0.905. The maximum atomic E-state index is 12.9. The van der Waals surface area contributed by atoms with Gasteiger partial charge in [0.15, 0.2) is 6.10 Å². The smallest absolute Gasteiger partial charge is 0.306 e. The van der Waals surface area contributed by atoms with Crippen LogP contribution in [0.1, 0.15) is 297 Å². The molecular formula is C70H118O6. The summed E-state index contributed by atoms with van der Waals surface area (Å²) in [6.45, 7) is 6.48. The number of carbonyl (C=O) groups excluding carboxylic acids is 3. The average Bonchev–Trinajstić information content (AvgIpc) is 3.42. The van der Waals surface area contributed by atoms with E-state index in [1.807, 2.05) is 0 Å². The molecule has 0 aliphatic carbocycles. The zero-order chi connectivity index (χ0) is 55.0. The van der Waals surface area contributed by atoms with E-state index < -0.39 is 6.10 Å². The summed E-state index contributed by atoms with van der Waals surface area (Å²) in [4.78, 5) is 38.1. The number of esters is 3. The van der Waals surface area contributed by atoms with Crippen LogP contribution in [0.25, 0.3) is 0 Å². The first-order valence-corrected chi connectivity index (χ1v) is 31.9. The Morgan fingerprint density at radius 3 is 0.803 bits per heavy atom. The molecule has 0 amide bonds. The minimum Gasteiger partial charge on any atom is -0.462 e. The number of hydrogen-bond donors (Lipinski definition) is 0. The first-order valence-electron chi connectivity index (χ1n) is 31.9. The van der Waals surface area contributed by atoms with Crippen LogP contribution in [0.4, 0.5) is 0 Å². The van der Waals surface area contributed by atoms with Crippen LogP contribution in [0.15, 0.2) is 109 Å². The van der Waals surface area contributed by atoms with Crippen molar-refractivity contribution in [3.8, 4) is 0 Å². The molecule has 6 nitrogen and oxygen atoms in total. The van der Waals surface area contributed by atoms with Gasteiger partial charge in [-0.15, -0.1) is 0 Å². The van der Waals surface area contributed by atoms with Crippen LogP contribution in [-0.4, -0.2) is 37.2 Å². The van der Waals surface area contributed by atoms with E-state index in [0.717, 1.165) is 128 Å². The summed E-state index contributed by atoms with van der Waals surface area (Å²) in [5.41, 5.74) is 0. The van der Waals surface area contributed by atoms with Gasteiger partial charge in [0, 0.05) is 19.3 Å². The predicted molar refractivity (Wildman–Crippen MR) is 330 cm³/mol. The fourth-order valence-corrected chi connectivity index (χ4v) is 8.75. The molecule has 6 heteroatoms. The van der Waals surface area contributed by atoms with Crippen molar-refractivity contribution in [2.24, 2.45) is 0 Å². The van der Waals surface area contributed by atoms with E-state index in [9.17, 15) is 14.4 Å². The standard InChI is InChI=1S/C70H118O6/c1-4-7-10-13-16-19-21-23-25-27-29-31-33-34-35-36-38-39-41-43-45-47-49-51-54-57-60-63-69(72)75-66-67(65-74-68(71)62-59-56-53-18-15-12-9-6-3)76-70(73)64-61-58-55-52-50-48-46-44-42-40-37-32-30-28-26-24-22-20-17-14-11-8-5-2/h7,10,16,19,22-25,28-31,34-35,38-39,43,45,67H,4-6,8-9,11-15,17-18,20-21,26-27,32-33,36-37,40-42,44,46-66H2,1-3H3/b10-7-,19-16-,24-22-,25-23-,30-28-,31-29-,35-34-,39-38-,45-43-. The van der Waals surface area contributed by atoms with Crippen molar-refractivity contribution in [3.05, 3.63) is 109 Å². The normalized spacial score (nSPS) is 12.8. The molecule has 0 aliphatic heterocycles. The number of ether oxygens (including phenoxy) is 3. The highest BCUT2D eigenvalue weighted by Crippen LogP contribution is 2.16. The lowest BCUT2D eigenvalue weighted by Crippen LogP contribution is -2.30. The summed E-state index contributed by atoms with van der Waals surface area (Å²) >= 11 is 0. The van der Waals surface area contributed by atoms with Crippen molar-refractivity contribution in [2.75, 3.05) is 13.2 Å². The van der Waals surface area contributed by atoms with Crippen LogP contribution in [-0.2, 0) is 28.6 Å². The van der Waals surface area contributed by atoms with Crippen molar-refractivity contribution in [3.63, 3.8) is 0 Å². The zero-order valence-corrected chi connectivity index (χ0v) is 49.7. The SMILES string of the molecule is CC/C=C\C/C=C\C/C=C\C/C=C\C/C=C\C/C=C\C/C=C\CCCCCCCC(=O)OCC(COC(=O)CCCCCCCCCC)OC(=O)CCCCCCCCCCCCC/C=C\C/C=C\CCCCCCC. The molecule has 0 saturated carbocycles. The number of allylic oxidation sites excluding steroid dienone is 18. The topological polar surface area (TPSA) is 78.9 Å². The Labute approximate surface area is 470 Å². The van der Waals surface area contributed by atoms with E-state index in [2.05, 4.69) is 130 Å². The van der Waals surface area contributed by atoms with Crippen LogP contribution in [0.5, 0.6) is 0 Å². The molecule has 1 unspecified atom stereocenters. The van der Waals surface area contributed by atoms with Crippen molar-refractivity contribution in [1.29, 1.82) is 0 Å². The number of unbranched alkanes of at least 4 members (excludes halogenated alkanes) is 28. The largest absolute Gasteiger partial charge is 0.462 e. The Morgan fingerprint density at radius 1 is 0.276 bits per heavy atom. The molecule has 0 aliphatic rings. The minimum absolute atomic E-state index is 0.0844. The van der Waals surface area contributed by atoms with E-state index in [1.165, 1.54) is 128 Å². The van der Waals surface area contributed by atoms with Gasteiger partial charge in [-0.1, -0.05) is 278 Å². The predicted octanol–water partition coefficient (Wildman–Crippen LogP) is 21.8. The van der Waals surface area contributed by atoms with Gasteiger partial charge in [-0.3, -0.25) is 14.4 Å². The Bertz CT molecular complexity index is 1540. The second-order valence-electron chi connectivity index (χ2n) is 20.9. The molecule has 0 saturated heterocycles. The number of hydrogen-bond acceptors (Lipinski definition) is 6. The molecule has 0 rings (SSSR count). The molecule has 76 heavy (non-hydrogen) atoms. The van der Waals surface area contributed by atoms with Crippen molar-refractivity contribution in [1.82, 2.24) is 0 Å². The molecule has 434 valence electrons. The third kappa shape index (κ3) is 60.9. The fourth-order valence-electron chi connectivity index (χ4n) is 8.75. The maximum absolute atomic E-state index is 12.9. The highest BCUT2D eigenvalue weighted by atomic mass is 16.6. The summed E-state index contributed by atoms with van der Waals surface area (Å²) in [5, 5.41) is 0. The van der Waals surface area contributed by atoms with Gasteiger partial charge in [0.05, 0.1) is 0 Å². The molecule has 0 heterocycles. The summed E-state index contributed by atoms with van der Waals surface area (Å²) < 4.78 is 16.8. The molecule has 0 bridgehead atoms. The fraction of sp³-hybridized carbons (Fsp3) is 0.700. The number of carbonyl (C=O) groups is 3. The highest BCUT2D eigenvalue weighted by Gasteiger charge is 2.19. The van der Waals surface area contributed by atoms with Gasteiger partial charge in [0.1, 0.15) is 13.2 Å². The van der Waals surface area contributed by atoms with Gasteiger partial charge < -0.3 is 14.2 Å². The second kappa shape index (κ2) is 63.6. The van der Waals surface area contributed by atoms with Gasteiger partial charge in [0.2, 0.25) is 0 Å². The summed E-state index contributed by atoms with van der Waals surface area (Å²) in [6, 6.07) is 0. The molecular weight excluding hydrogens is 937 g/mol. The van der Waals surface area contributed by atoms with Gasteiger partial charge in [-0.05, 0) is 109 Å². The maximum Gasteiger partial charge on any atom is 0.306 e. The number of rotatable bonds is 57. The Kier molecular flexibility index (Phi) is 60.3. The average molecular weight is 1060 g/mol. The Balaban J connectivity index is 4.25. The lowest BCUT2D eigenvalue weighted by Gasteiger charge is -2.18. The molecule has 0 N–H and O–H groups in total. The first kappa shape index (κ1) is 72.1. The van der Waals surface area contributed by atoms with E-state index in [1.54, 1.807) is 0 Å². The summed E-state index contributed by atoms with van der Waals surface area (Å²) in [6.07, 6.45) is 86.8. The quantitative estimate of drug-likeness (QED) is 0.0261. The summed E-state index contributed by atoms with van der Waals surface area (Å²) in [7, 11) is 0. The van der Waals surface area contributed by atoms with Crippen LogP contribution in [0, 0.1) is 0 Å². The van der Waals surface area contributed by atoms with Crippen molar-refractivity contribution >= 4 is 17.9 Å². The van der Waals surface area contributed by atoms with E-state index >= 15 is 0 Å². The van der Waals surface area contributed by atoms with Gasteiger partial charge in [-0.2, -0.15) is 0 Å². The van der Waals surface area contributed by atoms with E-state index in [4.69, 9.17) is 14.2 Å². The third-order valence-electron chi connectivity index (χ3n) is 13.5. The van der Waals surface area contributed by atoms with Gasteiger partial charge in [0.25, 0.3) is 0 Å². The molecule has 0 fully saturated rings. The second-order valence-corrected chi connectivity index (χ2v) is 20.9. The Hall–Kier alpha value is -3.93. The molecule has 0 spiro atoms. The van der Waals surface area contributed by atoms with Crippen LogP contribution in [0.2, 0.25) is 0 Å². The highest BCUT2D eigenvalue weighted by molar-refractivity contribution is 5.71. The van der Waals surface area contributed by atoms with Crippen molar-refractivity contribution in [2.45, 2.75) is 303 Å². The van der Waals surface area contributed by atoms with Crippen molar-refractivity contribution < 1.29 is 28.6 Å². The lowest BCUT2D eigenvalue weighted by molar-refractivity contribution is -0.167. The van der Waals surface area contributed by atoms with E-state index in [0.29, 0.717) is 19.3 Å². The third-order valence-corrected chi connectivity index (χ3v) is 13.5. The molecule has 0 aromatic carbocycles. The first-order chi connectivity index (χ1) is 37.5. The Morgan fingerprint density at radius 2 is 0.513 bits per heavy atom. The molecule has 0 aromatic heterocycles.